The molecule has 1 aromatic heterocycles. The van der Waals surface area contributed by atoms with Crippen LogP contribution in [0.3, 0.4) is 0 Å². The molecule has 2 aromatic rings. The number of piperidine rings is 1. The SMILES string of the molecule is C[C@@H]1C[C@@H](O)c2ncnc(N3CC4(CCNCC4)c4cc(Cl)ccc43)c21.Cl.Cl. The van der Waals surface area contributed by atoms with E-state index in [1.807, 2.05) is 6.07 Å². The predicted octanol–water partition coefficient (Wildman–Crippen LogP) is 4.29. The highest BCUT2D eigenvalue weighted by Gasteiger charge is 2.45. The molecule has 8 heteroatoms. The van der Waals surface area contributed by atoms with Gasteiger partial charge >= 0.3 is 0 Å². The Morgan fingerprint density at radius 3 is 2.71 bits per heavy atom. The minimum atomic E-state index is -0.484. The number of nitrogens with zero attached hydrogens (tertiary/aromatic N) is 3. The van der Waals surface area contributed by atoms with Gasteiger partial charge in [0.2, 0.25) is 0 Å². The highest BCUT2D eigenvalue weighted by atomic mass is 35.5. The average molecular weight is 444 g/mol. The van der Waals surface area contributed by atoms with Gasteiger partial charge in [-0.05, 0) is 62.0 Å². The van der Waals surface area contributed by atoms with Gasteiger partial charge in [-0.1, -0.05) is 18.5 Å². The molecule has 1 spiro atoms. The van der Waals surface area contributed by atoms with Crippen LogP contribution in [0.25, 0.3) is 0 Å². The smallest absolute Gasteiger partial charge is 0.140 e. The monoisotopic (exact) mass is 442 g/mol. The fraction of sp³-hybridized carbons (Fsp3) is 0.500. The van der Waals surface area contributed by atoms with E-state index in [2.05, 4.69) is 39.2 Å². The van der Waals surface area contributed by atoms with E-state index < -0.39 is 6.10 Å². The van der Waals surface area contributed by atoms with Crippen molar-refractivity contribution < 1.29 is 5.11 Å². The first-order valence-electron chi connectivity index (χ1n) is 9.40. The van der Waals surface area contributed by atoms with E-state index in [9.17, 15) is 5.11 Å². The molecule has 5 rings (SSSR count). The number of aliphatic hydroxyl groups is 1. The maximum atomic E-state index is 10.4. The summed E-state index contributed by atoms with van der Waals surface area (Å²) in [6.45, 7) is 5.12. The summed E-state index contributed by atoms with van der Waals surface area (Å²) < 4.78 is 0. The molecule has 0 amide bonds. The van der Waals surface area contributed by atoms with Gasteiger partial charge in [-0.2, -0.15) is 0 Å². The Hall–Kier alpha value is -1.11. The number of hydrogen-bond donors (Lipinski definition) is 2. The van der Waals surface area contributed by atoms with Gasteiger partial charge < -0.3 is 15.3 Å². The maximum absolute atomic E-state index is 10.4. The molecule has 5 nitrogen and oxygen atoms in total. The zero-order valence-corrected chi connectivity index (χ0v) is 18.1. The second-order valence-corrected chi connectivity index (χ2v) is 8.36. The lowest BCUT2D eigenvalue weighted by molar-refractivity contribution is 0.170. The van der Waals surface area contributed by atoms with Gasteiger partial charge in [-0.3, -0.25) is 0 Å². The van der Waals surface area contributed by atoms with Crippen LogP contribution in [0.2, 0.25) is 5.02 Å². The Balaban J connectivity index is 0.00000112. The number of rotatable bonds is 1. The highest BCUT2D eigenvalue weighted by Crippen LogP contribution is 2.52. The summed E-state index contributed by atoms with van der Waals surface area (Å²) in [4.78, 5) is 11.4. The van der Waals surface area contributed by atoms with Crippen LogP contribution in [0.15, 0.2) is 24.5 Å². The number of fused-ring (bicyclic) bond motifs is 3. The number of aliphatic hydroxyl groups excluding tert-OH is 1. The molecule has 28 heavy (non-hydrogen) atoms. The van der Waals surface area contributed by atoms with Gasteiger partial charge in [0, 0.05) is 28.2 Å². The largest absolute Gasteiger partial charge is 0.387 e. The van der Waals surface area contributed by atoms with Crippen molar-refractivity contribution in [3.8, 4) is 0 Å². The second kappa shape index (κ2) is 7.96. The lowest BCUT2D eigenvalue weighted by atomic mass is 9.75. The standard InChI is InChI=1S/C20H23ClN4O.2ClH/c1-12-8-16(26)18-17(12)19(24-11-23-18)25-10-20(4-6-22-7-5-20)14-9-13(21)2-3-15(14)25;;/h2-3,9,11-12,16,22,26H,4-8,10H2,1H3;2*1H/t12-,16-;;/m1../s1. The van der Waals surface area contributed by atoms with Gasteiger partial charge in [0.05, 0.1) is 11.8 Å². The highest BCUT2D eigenvalue weighted by molar-refractivity contribution is 6.30. The molecular formula is C20H25Cl3N4O. The summed E-state index contributed by atoms with van der Waals surface area (Å²) in [5.74, 6) is 1.22. The third-order valence-corrected chi connectivity index (χ3v) is 6.61. The molecular weight excluding hydrogens is 419 g/mol. The van der Waals surface area contributed by atoms with Gasteiger partial charge in [-0.25, -0.2) is 9.97 Å². The summed E-state index contributed by atoms with van der Waals surface area (Å²) in [7, 11) is 0. The quantitative estimate of drug-likeness (QED) is 0.688. The van der Waals surface area contributed by atoms with Gasteiger partial charge in [0.1, 0.15) is 12.1 Å². The minimum Gasteiger partial charge on any atom is -0.387 e. The molecule has 2 atom stereocenters. The third kappa shape index (κ3) is 3.17. The predicted molar refractivity (Wildman–Crippen MR) is 117 cm³/mol. The summed E-state index contributed by atoms with van der Waals surface area (Å²) in [5.41, 5.74) is 4.55. The summed E-state index contributed by atoms with van der Waals surface area (Å²) in [5, 5.41) is 14.6. The molecule has 1 aliphatic carbocycles. The van der Waals surface area contributed by atoms with E-state index in [0.717, 1.165) is 61.0 Å². The molecule has 0 unspecified atom stereocenters. The first-order chi connectivity index (χ1) is 12.6. The molecule has 3 aliphatic rings. The summed E-state index contributed by atoms with van der Waals surface area (Å²) in [6.07, 6.45) is 4.03. The first-order valence-corrected chi connectivity index (χ1v) is 9.78. The number of nitrogens with one attached hydrogen (secondary N) is 1. The van der Waals surface area contributed by atoms with Crippen molar-refractivity contribution in [1.29, 1.82) is 0 Å². The van der Waals surface area contributed by atoms with Crippen LogP contribution in [0, 0.1) is 0 Å². The zero-order chi connectivity index (χ0) is 17.9. The average Bonchev–Trinajstić information content (AvgIpc) is 3.11. The molecule has 3 heterocycles. The third-order valence-electron chi connectivity index (χ3n) is 6.38. The molecule has 0 saturated carbocycles. The van der Waals surface area contributed by atoms with Crippen molar-refractivity contribution in [2.45, 2.75) is 43.6 Å². The van der Waals surface area contributed by atoms with Crippen molar-refractivity contribution in [3.05, 3.63) is 46.4 Å². The van der Waals surface area contributed by atoms with Crippen molar-refractivity contribution in [1.82, 2.24) is 15.3 Å². The number of hydrogen-bond acceptors (Lipinski definition) is 5. The molecule has 0 radical (unpaired) electrons. The van der Waals surface area contributed by atoms with E-state index in [1.54, 1.807) is 6.33 Å². The Labute approximate surface area is 182 Å². The van der Waals surface area contributed by atoms with Crippen molar-refractivity contribution in [3.63, 3.8) is 0 Å². The number of aromatic nitrogens is 2. The Morgan fingerprint density at radius 1 is 1.21 bits per heavy atom. The fourth-order valence-corrected chi connectivity index (χ4v) is 5.25. The van der Waals surface area contributed by atoms with E-state index in [1.165, 1.54) is 11.3 Å². The zero-order valence-electron chi connectivity index (χ0n) is 15.7. The molecule has 0 bridgehead atoms. The second-order valence-electron chi connectivity index (χ2n) is 7.93. The first kappa shape index (κ1) is 21.6. The van der Waals surface area contributed by atoms with Crippen LogP contribution < -0.4 is 10.2 Å². The number of halogens is 3. The maximum Gasteiger partial charge on any atom is 0.140 e. The van der Waals surface area contributed by atoms with Crippen LogP contribution in [0.1, 0.15) is 55.0 Å². The van der Waals surface area contributed by atoms with Crippen LogP contribution in [-0.2, 0) is 5.41 Å². The van der Waals surface area contributed by atoms with E-state index >= 15 is 0 Å². The van der Waals surface area contributed by atoms with Crippen molar-refractivity contribution >= 4 is 47.9 Å². The molecule has 1 aromatic carbocycles. The van der Waals surface area contributed by atoms with Crippen LogP contribution in [-0.4, -0.2) is 34.7 Å². The van der Waals surface area contributed by atoms with E-state index in [-0.39, 0.29) is 36.1 Å². The molecule has 2 N–H and O–H groups in total. The lowest BCUT2D eigenvalue weighted by Crippen LogP contribution is -2.42. The summed E-state index contributed by atoms with van der Waals surface area (Å²) >= 11 is 6.36. The molecule has 1 saturated heterocycles. The van der Waals surface area contributed by atoms with Crippen molar-refractivity contribution in [2.24, 2.45) is 0 Å². The van der Waals surface area contributed by atoms with Gasteiger partial charge in [0.25, 0.3) is 0 Å². The Morgan fingerprint density at radius 2 is 1.96 bits per heavy atom. The molecule has 152 valence electrons. The Kier molecular flexibility index (Phi) is 6.14. The minimum absolute atomic E-state index is 0. The molecule has 1 fully saturated rings. The van der Waals surface area contributed by atoms with Gasteiger partial charge in [0.15, 0.2) is 0 Å². The van der Waals surface area contributed by atoms with Crippen LogP contribution in [0.4, 0.5) is 11.5 Å². The van der Waals surface area contributed by atoms with E-state index in [4.69, 9.17) is 11.6 Å². The van der Waals surface area contributed by atoms with Gasteiger partial charge in [-0.15, -0.1) is 24.8 Å². The molecule has 2 aliphatic heterocycles. The van der Waals surface area contributed by atoms with Crippen LogP contribution in [0.5, 0.6) is 0 Å². The summed E-state index contributed by atoms with van der Waals surface area (Å²) in [6, 6.07) is 6.23. The van der Waals surface area contributed by atoms with Crippen molar-refractivity contribution in [2.75, 3.05) is 24.5 Å². The Bertz CT molecular complexity index is 873. The van der Waals surface area contributed by atoms with Crippen LogP contribution >= 0.6 is 36.4 Å². The topological polar surface area (TPSA) is 61.3 Å². The fourth-order valence-electron chi connectivity index (χ4n) is 5.08. The number of anilines is 2. The normalized spacial score (nSPS) is 24.3. The van der Waals surface area contributed by atoms with E-state index in [0.29, 0.717) is 0 Å². The number of benzene rings is 1. The lowest BCUT2D eigenvalue weighted by Gasteiger charge is -2.35.